The molecule has 2 amide bonds. The SMILES string of the molecule is C[C@@H]1[C@@H]([Si](C)(C)c2ccccc2)[C@H](CC(=O)N2CCC[C@H]2CO)O[C@@]12C(=O)N(Cc1cccc(I)c1)c1ccccc12. The molecule has 3 aliphatic heterocycles. The molecule has 3 aromatic rings. The van der Waals surface area contributed by atoms with Gasteiger partial charge in [-0.25, -0.2) is 0 Å². The Labute approximate surface area is 263 Å². The summed E-state index contributed by atoms with van der Waals surface area (Å²) in [5.74, 6) is -0.167. The van der Waals surface area contributed by atoms with Gasteiger partial charge in [0.2, 0.25) is 5.91 Å². The molecule has 42 heavy (non-hydrogen) atoms. The lowest BCUT2D eigenvalue weighted by Gasteiger charge is -2.37. The summed E-state index contributed by atoms with van der Waals surface area (Å²) in [7, 11) is -2.27. The molecule has 3 aliphatic rings. The van der Waals surface area contributed by atoms with E-state index in [1.165, 1.54) is 5.19 Å². The Morgan fingerprint density at radius 2 is 1.81 bits per heavy atom. The standard InChI is InChI=1S/C34H39IN2O4Si/c1-23-32(42(2,3)27-14-5-4-6-15-27)30(20-31(39)36-18-10-13-26(36)22-38)41-34(23)28-16-7-8-17-29(28)37(33(34)40)21-24-11-9-12-25(35)19-24/h4-9,11-12,14-17,19,23,26,30,32,38H,10,13,18,20-22H2,1-3H3/t23-,26+,30+,32-,34+/m1/s1. The third-order valence-electron chi connectivity index (χ3n) is 9.94. The van der Waals surface area contributed by atoms with Crippen LogP contribution in [0.25, 0.3) is 0 Å². The number of anilines is 1. The third kappa shape index (κ3) is 4.84. The van der Waals surface area contributed by atoms with Gasteiger partial charge in [0.25, 0.3) is 5.91 Å². The molecule has 2 saturated heterocycles. The number of para-hydroxylation sites is 1. The summed E-state index contributed by atoms with van der Waals surface area (Å²) < 4.78 is 8.23. The second kappa shape index (κ2) is 11.5. The first-order valence-electron chi connectivity index (χ1n) is 15.0. The second-order valence-corrected chi connectivity index (χ2v) is 18.5. The predicted molar refractivity (Wildman–Crippen MR) is 176 cm³/mol. The topological polar surface area (TPSA) is 70.1 Å². The Balaban J connectivity index is 1.42. The number of fused-ring (bicyclic) bond motifs is 2. The number of halogens is 1. The highest BCUT2D eigenvalue weighted by Gasteiger charge is 2.66. The van der Waals surface area contributed by atoms with Gasteiger partial charge in [-0.05, 0) is 64.7 Å². The monoisotopic (exact) mass is 694 g/mol. The number of benzene rings is 3. The smallest absolute Gasteiger partial charge is 0.264 e. The van der Waals surface area contributed by atoms with Gasteiger partial charge in [-0.3, -0.25) is 9.59 Å². The highest BCUT2D eigenvalue weighted by molar-refractivity contribution is 14.1. The molecular formula is C34H39IN2O4Si. The number of carbonyl (C=O) groups excluding carboxylic acids is 2. The van der Waals surface area contributed by atoms with Crippen LogP contribution in [0, 0.1) is 9.49 Å². The van der Waals surface area contributed by atoms with Crippen molar-refractivity contribution in [3.63, 3.8) is 0 Å². The van der Waals surface area contributed by atoms with Crippen LogP contribution < -0.4 is 10.1 Å². The molecule has 0 saturated carbocycles. The molecule has 0 aromatic heterocycles. The number of rotatable bonds is 7. The number of hydrogen-bond donors (Lipinski definition) is 1. The van der Waals surface area contributed by atoms with Crippen molar-refractivity contribution < 1.29 is 19.4 Å². The average Bonchev–Trinajstić information content (AvgIpc) is 3.65. The number of nitrogens with zero attached hydrogens (tertiary/aromatic N) is 2. The Morgan fingerprint density at radius 1 is 1.07 bits per heavy atom. The lowest BCUT2D eigenvalue weighted by molar-refractivity contribution is -0.150. The number of amides is 2. The first-order chi connectivity index (χ1) is 20.2. The molecule has 8 heteroatoms. The number of aliphatic hydroxyl groups excluding tert-OH is 1. The number of hydrogen-bond acceptors (Lipinski definition) is 4. The second-order valence-electron chi connectivity index (χ2n) is 12.6. The fraction of sp³-hybridized carbons (Fsp3) is 0.412. The van der Waals surface area contributed by atoms with Gasteiger partial charge in [-0.2, -0.15) is 0 Å². The summed E-state index contributed by atoms with van der Waals surface area (Å²) >= 11 is 2.31. The Hall–Kier alpha value is -2.53. The fourth-order valence-electron chi connectivity index (χ4n) is 7.93. The van der Waals surface area contributed by atoms with E-state index in [0.717, 1.165) is 33.2 Å². The summed E-state index contributed by atoms with van der Waals surface area (Å²) in [6.07, 6.45) is 1.52. The van der Waals surface area contributed by atoms with Gasteiger partial charge < -0.3 is 19.6 Å². The molecule has 6 nitrogen and oxygen atoms in total. The van der Waals surface area contributed by atoms with E-state index in [4.69, 9.17) is 4.74 Å². The van der Waals surface area contributed by atoms with Gasteiger partial charge >= 0.3 is 0 Å². The van der Waals surface area contributed by atoms with E-state index in [2.05, 4.69) is 85.1 Å². The molecule has 0 aliphatic carbocycles. The lowest BCUT2D eigenvalue weighted by atomic mass is 9.82. The van der Waals surface area contributed by atoms with Crippen LogP contribution >= 0.6 is 22.6 Å². The van der Waals surface area contributed by atoms with Crippen molar-refractivity contribution in [2.24, 2.45) is 5.92 Å². The number of ether oxygens (including phenoxy) is 1. The quantitative estimate of drug-likeness (QED) is 0.265. The minimum absolute atomic E-state index is 0.0121. The fourth-order valence-corrected chi connectivity index (χ4v) is 12.6. The van der Waals surface area contributed by atoms with E-state index in [1.54, 1.807) is 0 Å². The molecule has 3 aromatic carbocycles. The molecule has 0 unspecified atom stereocenters. The molecular weight excluding hydrogens is 655 g/mol. The van der Waals surface area contributed by atoms with E-state index >= 15 is 0 Å². The van der Waals surface area contributed by atoms with Crippen molar-refractivity contribution in [1.82, 2.24) is 4.90 Å². The van der Waals surface area contributed by atoms with Crippen LogP contribution in [-0.2, 0) is 26.5 Å². The normalized spacial score (nSPS) is 27.2. The predicted octanol–water partition coefficient (Wildman–Crippen LogP) is 5.43. The van der Waals surface area contributed by atoms with Crippen LogP contribution in [0.4, 0.5) is 5.69 Å². The molecule has 1 spiro atoms. The molecule has 0 radical (unpaired) electrons. The maximum atomic E-state index is 14.8. The lowest BCUT2D eigenvalue weighted by Crippen LogP contribution is -2.52. The summed E-state index contributed by atoms with van der Waals surface area (Å²) in [5.41, 5.74) is 1.72. The van der Waals surface area contributed by atoms with Gasteiger partial charge in [0.05, 0.1) is 45.5 Å². The van der Waals surface area contributed by atoms with Crippen LogP contribution in [0.2, 0.25) is 18.6 Å². The molecule has 2 fully saturated rings. The Morgan fingerprint density at radius 3 is 2.55 bits per heavy atom. The Kier molecular flexibility index (Phi) is 8.10. The maximum Gasteiger partial charge on any atom is 0.264 e. The highest BCUT2D eigenvalue weighted by Crippen LogP contribution is 2.60. The summed E-state index contributed by atoms with van der Waals surface area (Å²) in [4.78, 5) is 32.3. The third-order valence-corrected chi connectivity index (χ3v) is 15.0. The van der Waals surface area contributed by atoms with Gasteiger partial charge in [0.1, 0.15) is 0 Å². The molecule has 6 rings (SSSR count). The van der Waals surface area contributed by atoms with E-state index in [-0.39, 0.29) is 42.3 Å². The minimum Gasteiger partial charge on any atom is -0.394 e. The number of likely N-dealkylation sites (tertiary alicyclic amines) is 1. The molecule has 5 atom stereocenters. The van der Waals surface area contributed by atoms with Crippen molar-refractivity contribution in [2.45, 2.75) is 69.1 Å². The van der Waals surface area contributed by atoms with E-state index in [0.29, 0.717) is 13.1 Å². The van der Waals surface area contributed by atoms with Gasteiger partial charge in [0.15, 0.2) is 5.60 Å². The van der Waals surface area contributed by atoms with E-state index in [9.17, 15) is 14.7 Å². The average molecular weight is 695 g/mol. The first-order valence-corrected chi connectivity index (χ1v) is 19.1. The van der Waals surface area contributed by atoms with Crippen LogP contribution in [0.15, 0.2) is 78.9 Å². The van der Waals surface area contributed by atoms with Crippen LogP contribution in [0.5, 0.6) is 0 Å². The molecule has 3 heterocycles. The zero-order valence-corrected chi connectivity index (χ0v) is 27.7. The van der Waals surface area contributed by atoms with Gasteiger partial charge in [-0.1, -0.05) is 85.9 Å². The zero-order chi connectivity index (χ0) is 29.6. The van der Waals surface area contributed by atoms with E-state index < -0.39 is 19.8 Å². The summed E-state index contributed by atoms with van der Waals surface area (Å²) in [5, 5.41) is 11.2. The molecule has 220 valence electrons. The summed E-state index contributed by atoms with van der Waals surface area (Å²) in [6, 6.07) is 26.7. The van der Waals surface area contributed by atoms with E-state index in [1.807, 2.05) is 46.2 Å². The number of carbonyl (C=O) groups is 2. The highest BCUT2D eigenvalue weighted by atomic mass is 127. The van der Waals surface area contributed by atoms with Crippen molar-refractivity contribution in [1.29, 1.82) is 0 Å². The zero-order valence-electron chi connectivity index (χ0n) is 24.5. The maximum absolute atomic E-state index is 14.8. The van der Waals surface area contributed by atoms with Crippen LogP contribution in [-0.4, -0.2) is 55.2 Å². The van der Waals surface area contributed by atoms with Crippen LogP contribution in [0.1, 0.15) is 37.3 Å². The number of aliphatic hydroxyl groups is 1. The molecule has 1 N–H and O–H groups in total. The van der Waals surface area contributed by atoms with Crippen LogP contribution in [0.3, 0.4) is 0 Å². The van der Waals surface area contributed by atoms with Crippen molar-refractivity contribution in [3.8, 4) is 0 Å². The first kappa shape index (κ1) is 29.5. The minimum atomic E-state index is -2.27. The molecule has 0 bridgehead atoms. The Bertz CT molecular complexity index is 1480. The summed E-state index contributed by atoms with van der Waals surface area (Å²) in [6.45, 7) is 7.97. The van der Waals surface area contributed by atoms with Gasteiger partial charge in [0, 0.05) is 21.6 Å². The largest absolute Gasteiger partial charge is 0.394 e. The van der Waals surface area contributed by atoms with Crippen molar-refractivity contribution >= 4 is 53.4 Å². The van der Waals surface area contributed by atoms with Gasteiger partial charge in [-0.15, -0.1) is 0 Å². The van der Waals surface area contributed by atoms with Crippen molar-refractivity contribution in [3.05, 3.63) is 93.6 Å². The van der Waals surface area contributed by atoms with Crippen molar-refractivity contribution in [2.75, 3.05) is 18.1 Å².